The zero-order valence-electron chi connectivity index (χ0n) is 10.6. The molecule has 0 aliphatic carbocycles. The van der Waals surface area contributed by atoms with Crippen LogP contribution in [0.5, 0.6) is 5.75 Å². The number of hydrogen-bond donors (Lipinski definition) is 1. The van der Waals surface area contributed by atoms with Crippen molar-refractivity contribution in [3.05, 3.63) is 77.2 Å². The van der Waals surface area contributed by atoms with Crippen LogP contribution in [0.2, 0.25) is 0 Å². The Kier molecular flexibility index (Phi) is 3.05. The molecule has 20 heavy (non-hydrogen) atoms. The quantitative estimate of drug-likeness (QED) is 0.774. The molecule has 3 rings (SSSR count). The van der Waals surface area contributed by atoms with Gasteiger partial charge in [-0.05, 0) is 48.0 Å². The van der Waals surface area contributed by atoms with E-state index in [0.29, 0.717) is 5.82 Å². The molecule has 2 aromatic heterocycles. The molecular formula is C16H12N2O2. The smallest absolute Gasteiger partial charge is 0.256 e. The topological polar surface area (TPSA) is 55.1 Å². The van der Waals surface area contributed by atoms with Crippen LogP contribution in [0.25, 0.3) is 17.1 Å². The van der Waals surface area contributed by atoms with Gasteiger partial charge in [0.15, 0.2) is 0 Å². The third-order valence-corrected chi connectivity index (χ3v) is 3.00. The molecule has 0 saturated carbocycles. The van der Waals surface area contributed by atoms with Gasteiger partial charge in [-0.2, -0.15) is 0 Å². The van der Waals surface area contributed by atoms with E-state index in [2.05, 4.69) is 4.98 Å². The standard InChI is InChI=1S/C16H12N2O2/c19-13-9-7-12(8-10-13)14-4-3-6-16(20)18(14)15-5-1-2-11-17-15/h1-11,19H. The summed E-state index contributed by atoms with van der Waals surface area (Å²) in [6.07, 6.45) is 1.65. The first-order valence-corrected chi connectivity index (χ1v) is 6.18. The summed E-state index contributed by atoms with van der Waals surface area (Å²) < 4.78 is 1.55. The van der Waals surface area contributed by atoms with Crippen molar-refractivity contribution in [1.29, 1.82) is 0 Å². The zero-order valence-corrected chi connectivity index (χ0v) is 10.6. The fraction of sp³-hybridized carbons (Fsp3) is 0. The number of hydrogen-bond acceptors (Lipinski definition) is 3. The lowest BCUT2D eigenvalue weighted by Crippen LogP contribution is -2.19. The lowest BCUT2D eigenvalue weighted by molar-refractivity contribution is 0.475. The predicted molar refractivity (Wildman–Crippen MR) is 76.9 cm³/mol. The summed E-state index contributed by atoms with van der Waals surface area (Å²) in [5.41, 5.74) is 1.43. The Hall–Kier alpha value is -2.88. The minimum absolute atomic E-state index is 0.144. The van der Waals surface area contributed by atoms with Crippen molar-refractivity contribution in [2.75, 3.05) is 0 Å². The van der Waals surface area contributed by atoms with E-state index < -0.39 is 0 Å². The van der Waals surface area contributed by atoms with Gasteiger partial charge in [-0.15, -0.1) is 0 Å². The molecule has 0 aliphatic heterocycles. The van der Waals surface area contributed by atoms with Crippen LogP contribution in [0.3, 0.4) is 0 Å². The number of nitrogens with zero attached hydrogens (tertiary/aromatic N) is 2. The highest BCUT2D eigenvalue weighted by Crippen LogP contribution is 2.22. The lowest BCUT2D eigenvalue weighted by atomic mass is 10.1. The minimum atomic E-state index is -0.144. The van der Waals surface area contributed by atoms with Gasteiger partial charge in [0.05, 0.1) is 5.69 Å². The molecule has 0 spiro atoms. The first-order chi connectivity index (χ1) is 9.75. The Morgan fingerprint density at radius 1 is 0.900 bits per heavy atom. The molecule has 0 amide bonds. The van der Waals surface area contributed by atoms with Crippen LogP contribution in [0.1, 0.15) is 0 Å². The van der Waals surface area contributed by atoms with Crippen molar-refractivity contribution in [1.82, 2.24) is 9.55 Å². The number of aromatic hydroxyl groups is 1. The van der Waals surface area contributed by atoms with E-state index in [4.69, 9.17) is 0 Å². The predicted octanol–water partition coefficient (Wildman–Crippen LogP) is 2.61. The summed E-state index contributed by atoms with van der Waals surface area (Å²) in [5, 5.41) is 9.36. The number of benzene rings is 1. The van der Waals surface area contributed by atoms with Crippen LogP contribution < -0.4 is 5.56 Å². The second kappa shape index (κ2) is 5.01. The van der Waals surface area contributed by atoms with Gasteiger partial charge in [-0.3, -0.25) is 9.36 Å². The van der Waals surface area contributed by atoms with E-state index in [9.17, 15) is 9.90 Å². The normalized spacial score (nSPS) is 10.4. The summed E-state index contributed by atoms with van der Waals surface area (Å²) in [7, 11) is 0. The molecule has 0 unspecified atom stereocenters. The van der Waals surface area contributed by atoms with Gasteiger partial charge in [-0.1, -0.05) is 12.1 Å². The molecule has 3 aromatic rings. The highest BCUT2D eigenvalue weighted by atomic mass is 16.3. The Labute approximate surface area is 115 Å². The van der Waals surface area contributed by atoms with Crippen molar-refractivity contribution < 1.29 is 5.11 Å². The summed E-state index contributed by atoms with van der Waals surface area (Å²) in [5.74, 6) is 0.762. The molecule has 1 N–H and O–H groups in total. The minimum Gasteiger partial charge on any atom is -0.508 e. The molecule has 0 fully saturated rings. The van der Waals surface area contributed by atoms with Gasteiger partial charge >= 0.3 is 0 Å². The molecule has 0 bridgehead atoms. The van der Waals surface area contributed by atoms with Gasteiger partial charge in [0.2, 0.25) is 0 Å². The largest absolute Gasteiger partial charge is 0.508 e. The van der Waals surface area contributed by atoms with Gasteiger partial charge < -0.3 is 5.11 Å². The third-order valence-electron chi connectivity index (χ3n) is 3.00. The molecule has 4 heteroatoms. The average Bonchev–Trinajstić information content (AvgIpc) is 2.49. The fourth-order valence-corrected chi connectivity index (χ4v) is 2.07. The van der Waals surface area contributed by atoms with Crippen LogP contribution in [-0.2, 0) is 0 Å². The number of pyridine rings is 2. The molecular weight excluding hydrogens is 252 g/mol. The van der Waals surface area contributed by atoms with E-state index >= 15 is 0 Å². The summed E-state index contributed by atoms with van der Waals surface area (Å²) in [6, 6.07) is 17.2. The molecule has 0 aliphatic rings. The van der Waals surface area contributed by atoms with Crippen LogP contribution >= 0.6 is 0 Å². The summed E-state index contributed by atoms with van der Waals surface area (Å²) in [4.78, 5) is 16.4. The van der Waals surface area contributed by atoms with Crippen LogP contribution in [-0.4, -0.2) is 14.7 Å². The van der Waals surface area contributed by atoms with Crippen molar-refractivity contribution >= 4 is 0 Å². The van der Waals surface area contributed by atoms with Gasteiger partial charge in [0.1, 0.15) is 11.6 Å². The number of phenolic OH excluding ortho intramolecular Hbond substituents is 1. The van der Waals surface area contributed by atoms with E-state index in [-0.39, 0.29) is 11.3 Å². The Morgan fingerprint density at radius 2 is 1.70 bits per heavy atom. The van der Waals surface area contributed by atoms with Crippen LogP contribution in [0.15, 0.2) is 71.7 Å². The second-order valence-electron chi connectivity index (χ2n) is 4.32. The van der Waals surface area contributed by atoms with Crippen molar-refractivity contribution in [3.63, 3.8) is 0 Å². The third kappa shape index (κ3) is 2.19. The summed E-state index contributed by atoms with van der Waals surface area (Å²) >= 11 is 0. The second-order valence-corrected chi connectivity index (χ2v) is 4.32. The monoisotopic (exact) mass is 264 g/mol. The Balaban J connectivity index is 2.25. The van der Waals surface area contributed by atoms with Crippen molar-refractivity contribution in [2.45, 2.75) is 0 Å². The van der Waals surface area contributed by atoms with E-state index in [1.54, 1.807) is 53.2 Å². The molecule has 2 heterocycles. The Morgan fingerprint density at radius 3 is 2.40 bits per heavy atom. The molecule has 98 valence electrons. The van der Waals surface area contributed by atoms with Crippen molar-refractivity contribution in [3.8, 4) is 22.8 Å². The number of phenols is 1. The maximum Gasteiger partial charge on any atom is 0.256 e. The van der Waals surface area contributed by atoms with Crippen molar-refractivity contribution in [2.24, 2.45) is 0 Å². The highest BCUT2D eigenvalue weighted by molar-refractivity contribution is 5.62. The van der Waals surface area contributed by atoms with E-state index in [1.807, 2.05) is 12.1 Å². The van der Waals surface area contributed by atoms with Crippen LogP contribution in [0, 0.1) is 0 Å². The van der Waals surface area contributed by atoms with Gasteiger partial charge in [0, 0.05) is 12.3 Å². The highest BCUT2D eigenvalue weighted by Gasteiger charge is 2.08. The van der Waals surface area contributed by atoms with Gasteiger partial charge in [-0.25, -0.2) is 4.98 Å². The molecule has 0 radical (unpaired) electrons. The molecule has 0 atom stereocenters. The lowest BCUT2D eigenvalue weighted by Gasteiger charge is -2.11. The van der Waals surface area contributed by atoms with E-state index in [1.165, 1.54) is 6.07 Å². The first-order valence-electron chi connectivity index (χ1n) is 6.18. The van der Waals surface area contributed by atoms with E-state index in [0.717, 1.165) is 11.3 Å². The number of rotatable bonds is 2. The van der Waals surface area contributed by atoms with Gasteiger partial charge in [0.25, 0.3) is 5.56 Å². The zero-order chi connectivity index (χ0) is 13.9. The average molecular weight is 264 g/mol. The maximum atomic E-state index is 12.2. The van der Waals surface area contributed by atoms with Crippen LogP contribution in [0.4, 0.5) is 0 Å². The molecule has 4 nitrogen and oxygen atoms in total. The number of aromatic nitrogens is 2. The maximum absolute atomic E-state index is 12.2. The Bertz CT molecular complexity index is 778. The fourth-order valence-electron chi connectivity index (χ4n) is 2.07. The summed E-state index contributed by atoms with van der Waals surface area (Å²) in [6.45, 7) is 0. The SMILES string of the molecule is O=c1cccc(-c2ccc(O)cc2)n1-c1ccccn1. The first kappa shape index (κ1) is 12.2. The molecule has 0 saturated heterocycles. The molecule has 1 aromatic carbocycles.